The Morgan fingerprint density at radius 2 is 1.89 bits per heavy atom. The Labute approximate surface area is 210 Å². The molecule has 4 heteroatoms. The van der Waals surface area contributed by atoms with Crippen LogP contribution < -0.4 is 0 Å². The van der Waals surface area contributed by atoms with Crippen LogP contribution in [0.3, 0.4) is 0 Å². The zero-order chi connectivity index (χ0) is 24.5. The lowest BCUT2D eigenvalue weighted by Gasteiger charge is -2.08. The quantitative estimate of drug-likeness (QED) is 0.310. The normalized spacial score (nSPS) is 16.9. The fraction of sp³-hybridized carbons (Fsp3) is 0.0938. The third-order valence-corrected chi connectivity index (χ3v) is 6.64. The first-order valence-electron chi connectivity index (χ1n) is 12.2. The second-order valence-corrected chi connectivity index (χ2v) is 9.09. The second kappa shape index (κ2) is 9.23. The first-order valence-corrected chi connectivity index (χ1v) is 12.2. The lowest BCUT2D eigenvalue weighted by Crippen LogP contribution is -2.04. The number of allylic oxidation sites excluding steroid dienone is 9. The highest BCUT2D eigenvalue weighted by Gasteiger charge is 2.15. The maximum absolute atomic E-state index is 4.89. The largest absolute Gasteiger partial charge is 0.294 e. The van der Waals surface area contributed by atoms with Crippen LogP contribution in [0.4, 0.5) is 0 Å². The van der Waals surface area contributed by atoms with E-state index < -0.39 is 0 Å². The molecule has 0 radical (unpaired) electrons. The minimum Gasteiger partial charge on any atom is -0.294 e. The molecule has 3 aromatic heterocycles. The Kier molecular flexibility index (Phi) is 5.62. The molecule has 4 nitrogen and oxygen atoms in total. The summed E-state index contributed by atoms with van der Waals surface area (Å²) in [5, 5.41) is 2.32. The molecule has 0 N–H and O–H groups in total. The number of rotatable bonds is 3. The highest BCUT2D eigenvalue weighted by molar-refractivity contribution is 6.10. The Morgan fingerprint density at radius 1 is 1.00 bits per heavy atom. The zero-order valence-corrected chi connectivity index (χ0v) is 20.2. The molecule has 4 aromatic rings. The van der Waals surface area contributed by atoms with Crippen LogP contribution in [0.15, 0.2) is 115 Å². The van der Waals surface area contributed by atoms with Crippen molar-refractivity contribution in [2.45, 2.75) is 19.8 Å². The van der Waals surface area contributed by atoms with Crippen molar-refractivity contribution >= 4 is 45.0 Å². The number of hydrogen-bond donors (Lipinski definition) is 0. The lowest BCUT2D eigenvalue weighted by molar-refractivity contribution is 1.17. The first-order chi connectivity index (χ1) is 17.7. The molecule has 0 spiro atoms. The number of pyridine rings is 2. The predicted octanol–water partition coefficient (Wildman–Crippen LogP) is 7.76. The van der Waals surface area contributed by atoms with Gasteiger partial charge in [-0.25, -0.2) is 4.98 Å². The van der Waals surface area contributed by atoms with Gasteiger partial charge < -0.3 is 0 Å². The van der Waals surface area contributed by atoms with Gasteiger partial charge in [0.15, 0.2) is 0 Å². The van der Waals surface area contributed by atoms with Crippen molar-refractivity contribution in [2.24, 2.45) is 4.99 Å². The minimum absolute atomic E-state index is 0.681. The molecule has 6 rings (SSSR count). The van der Waals surface area contributed by atoms with E-state index in [1.165, 1.54) is 5.39 Å². The minimum atomic E-state index is 0.681. The lowest BCUT2D eigenvalue weighted by atomic mass is 10.0. The van der Waals surface area contributed by atoms with Crippen molar-refractivity contribution < 1.29 is 0 Å². The van der Waals surface area contributed by atoms with E-state index in [2.05, 4.69) is 89.8 Å². The van der Waals surface area contributed by atoms with E-state index >= 15 is 0 Å². The molecular formula is C32H26N4. The van der Waals surface area contributed by atoms with Crippen molar-refractivity contribution in [1.82, 2.24) is 14.5 Å². The summed E-state index contributed by atoms with van der Waals surface area (Å²) in [5.74, 6) is 0. The Bertz CT molecular complexity index is 1700. The zero-order valence-electron chi connectivity index (χ0n) is 20.2. The summed E-state index contributed by atoms with van der Waals surface area (Å²) in [6.45, 7) is 6.27. The molecule has 0 amide bonds. The molecule has 2 aliphatic carbocycles. The highest BCUT2D eigenvalue weighted by Crippen LogP contribution is 2.33. The van der Waals surface area contributed by atoms with Crippen LogP contribution in [0, 0.1) is 0 Å². The molecule has 0 bridgehead atoms. The Hall–Kier alpha value is -4.57. The molecule has 2 aliphatic rings. The van der Waals surface area contributed by atoms with E-state index in [0.29, 0.717) is 6.42 Å². The van der Waals surface area contributed by atoms with Gasteiger partial charge in [-0.2, -0.15) is 0 Å². The summed E-state index contributed by atoms with van der Waals surface area (Å²) in [6, 6.07) is 14.8. The predicted molar refractivity (Wildman–Crippen MR) is 152 cm³/mol. The van der Waals surface area contributed by atoms with Crippen molar-refractivity contribution in [2.75, 3.05) is 0 Å². The number of hydrogen-bond acceptors (Lipinski definition) is 3. The van der Waals surface area contributed by atoms with E-state index in [0.717, 1.165) is 62.3 Å². The summed E-state index contributed by atoms with van der Waals surface area (Å²) in [4.78, 5) is 14.2. The van der Waals surface area contributed by atoms with Gasteiger partial charge in [0.2, 0.25) is 0 Å². The van der Waals surface area contributed by atoms with Gasteiger partial charge in [0.05, 0.1) is 16.9 Å². The summed E-state index contributed by atoms with van der Waals surface area (Å²) in [6.07, 6.45) is 22.0. The smallest absolute Gasteiger partial charge is 0.145 e. The maximum Gasteiger partial charge on any atom is 0.145 e. The molecule has 174 valence electrons. The second-order valence-electron chi connectivity index (χ2n) is 9.09. The van der Waals surface area contributed by atoms with Gasteiger partial charge in [0.1, 0.15) is 5.65 Å². The highest BCUT2D eigenvalue weighted by atomic mass is 15.0. The van der Waals surface area contributed by atoms with Crippen LogP contribution in [0.1, 0.15) is 36.6 Å². The van der Waals surface area contributed by atoms with Crippen molar-refractivity contribution in [1.29, 1.82) is 0 Å². The third kappa shape index (κ3) is 3.97. The van der Waals surface area contributed by atoms with Crippen LogP contribution in [0.2, 0.25) is 0 Å². The molecule has 0 unspecified atom stereocenters. The number of aliphatic imine (C=N–C) groups is 1. The number of aromatic nitrogens is 3. The number of benzene rings is 1. The first kappa shape index (κ1) is 21.9. The molecule has 0 aliphatic heterocycles. The average molecular weight is 467 g/mol. The van der Waals surface area contributed by atoms with Gasteiger partial charge in [0.25, 0.3) is 0 Å². The molecule has 36 heavy (non-hydrogen) atoms. The van der Waals surface area contributed by atoms with Gasteiger partial charge in [-0.3, -0.25) is 14.5 Å². The molecule has 1 aromatic carbocycles. The Balaban J connectivity index is 1.44. The standard InChI is InChI=1S/C32H26N4/c1-22-13-14-24-9-7-17-33-31(24)29(19-22)35-21-23(2)25-15-16-30-28(20-25)27-12-8-18-34-32(27)36(30)26-10-5-3-4-6-11-26/h3-5,7-18,20-21H,1,6,19H2,2H3/b23-21+,35-29+. The van der Waals surface area contributed by atoms with Gasteiger partial charge in [-0.05, 0) is 66.5 Å². The maximum atomic E-state index is 4.89. The van der Waals surface area contributed by atoms with E-state index in [9.17, 15) is 0 Å². The molecular weight excluding hydrogens is 440 g/mol. The fourth-order valence-corrected chi connectivity index (χ4v) is 4.80. The van der Waals surface area contributed by atoms with Gasteiger partial charge in [-0.1, -0.05) is 55.2 Å². The van der Waals surface area contributed by atoms with Gasteiger partial charge in [0, 0.05) is 47.0 Å². The number of nitrogens with zero attached hydrogens (tertiary/aromatic N) is 4. The summed E-state index contributed by atoms with van der Waals surface area (Å²) >= 11 is 0. The topological polar surface area (TPSA) is 43.1 Å². The van der Waals surface area contributed by atoms with Crippen molar-refractivity contribution in [3.8, 4) is 0 Å². The van der Waals surface area contributed by atoms with E-state index in [4.69, 9.17) is 9.98 Å². The monoisotopic (exact) mass is 466 g/mol. The van der Waals surface area contributed by atoms with Crippen LogP contribution in [0.25, 0.3) is 39.3 Å². The molecule has 3 heterocycles. The molecule has 0 saturated heterocycles. The van der Waals surface area contributed by atoms with Crippen molar-refractivity contribution in [3.05, 3.63) is 126 Å². The number of fused-ring (bicyclic) bond motifs is 4. The van der Waals surface area contributed by atoms with E-state index in [-0.39, 0.29) is 0 Å². The van der Waals surface area contributed by atoms with Crippen LogP contribution in [0.5, 0.6) is 0 Å². The van der Waals surface area contributed by atoms with E-state index in [1.54, 1.807) is 0 Å². The van der Waals surface area contributed by atoms with Gasteiger partial charge in [-0.15, -0.1) is 0 Å². The molecule has 0 saturated carbocycles. The van der Waals surface area contributed by atoms with Crippen LogP contribution >= 0.6 is 0 Å². The molecule has 0 atom stereocenters. The van der Waals surface area contributed by atoms with Crippen molar-refractivity contribution in [3.63, 3.8) is 0 Å². The van der Waals surface area contributed by atoms with E-state index in [1.807, 2.05) is 36.8 Å². The fourth-order valence-electron chi connectivity index (χ4n) is 4.80. The molecule has 0 fully saturated rings. The summed E-state index contributed by atoms with van der Waals surface area (Å²) in [7, 11) is 0. The third-order valence-electron chi connectivity index (χ3n) is 6.64. The van der Waals surface area contributed by atoms with Crippen LogP contribution in [-0.4, -0.2) is 20.2 Å². The summed E-state index contributed by atoms with van der Waals surface area (Å²) in [5.41, 5.74) is 9.42. The Morgan fingerprint density at radius 3 is 2.83 bits per heavy atom. The van der Waals surface area contributed by atoms with Crippen LogP contribution in [-0.2, 0) is 0 Å². The SMILES string of the molecule is C=C1C=Cc2cccnc2/C(=N/C=C(\C)c2ccc3c(c2)c2cccnc2n3C2=CCC=CC=C2)C1. The summed E-state index contributed by atoms with van der Waals surface area (Å²) < 4.78 is 2.25. The average Bonchev–Trinajstić information content (AvgIpc) is 3.06. The van der Waals surface area contributed by atoms with Gasteiger partial charge >= 0.3 is 0 Å².